The van der Waals surface area contributed by atoms with Gasteiger partial charge < -0.3 is 10.2 Å². The van der Waals surface area contributed by atoms with Crippen LogP contribution in [0.5, 0.6) is 0 Å². The van der Waals surface area contributed by atoms with E-state index in [0.717, 1.165) is 42.7 Å². The van der Waals surface area contributed by atoms with Gasteiger partial charge in [-0.2, -0.15) is 0 Å². The largest absolute Gasteiger partial charge is 0.356 e. The summed E-state index contributed by atoms with van der Waals surface area (Å²) in [6.45, 7) is 1.58. The maximum Gasteiger partial charge on any atom is 0.253 e. The number of thiophene rings is 1. The molecule has 0 atom stereocenters. The van der Waals surface area contributed by atoms with Crippen LogP contribution in [0.15, 0.2) is 30.6 Å². The van der Waals surface area contributed by atoms with Gasteiger partial charge in [0.2, 0.25) is 0 Å². The fourth-order valence-corrected chi connectivity index (χ4v) is 4.89. The maximum absolute atomic E-state index is 12.4. The molecule has 0 radical (unpaired) electrons. The minimum absolute atomic E-state index is 0.0889. The highest BCUT2D eigenvalue weighted by molar-refractivity contribution is 7.20. The minimum Gasteiger partial charge on any atom is -0.356 e. The van der Waals surface area contributed by atoms with Crippen molar-refractivity contribution < 1.29 is 4.79 Å². The molecule has 4 rings (SSSR count). The summed E-state index contributed by atoms with van der Waals surface area (Å²) in [4.78, 5) is 23.4. The van der Waals surface area contributed by atoms with Crippen LogP contribution in [0.1, 0.15) is 23.2 Å². The second-order valence-corrected chi connectivity index (χ2v) is 9.05. The van der Waals surface area contributed by atoms with Crippen molar-refractivity contribution in [3.8, 4) is 0 Å². The van der Waals surface area contributed by atoms with Gasteiger partial charge in [0.1, 0.15) is 16.5 Å². The second kappa shape index (κ2) is 7.80. The number of carbonyl (C=O) groups excluding carboxylic acids is 1. The number of carbonyl (C=O) groups is 1. The molecule has 1 amide bonds. The van der Waals surface area contributed by atoms with Gasteiger partial charge in [-0.3, -0.25) is 4.79 Å². The first kappa shape index (κ1) is 18.7. The Labute approximate surface area is 175 Å². The van der Waals surface area contributed by atoms with Crippen LogP contribution >= 0.6 is 46.1 Å². The van der Waals surface area contributed by atoms with Gasteiger partial charge in [-0.1, -0.05) is 34.8 Å². The van der Waals surface area contributed by atoms with E-state index in [1.54, 1.807) is 12.4 Å². The number of aromatic nitrogens is 2. The summed E-state index contributed by atoms with van der Waals surface area (Å²) in [6.07, 6.45) is 3.20. The van der Waals surface area contributed by atoms with Crippen molar-refractivity contribution in [2.24, 2.45) is 0 Å². The second-order valence-electron chi connectivity index (χ2n) is 6.33. The predicted molar refractivity (Wildman–Crippen MR) is 112 cm³/mol. The molecule has 0 saturated carbocycles. The van der Waals surface area contributed by atoms with Gasteiger partial charge in [0.15, 0.2) is 0 Å². The Kier molecular flexibility index (Phi) is 5.41. The summed E-state index contributed by atoms with van der Waals surface area (Å²) >= 11 is 19.2. The van der Waals surface area contributed by atoms with E-state index in [2.05, 4.69) is 20.2 Å². The lowest BCUT2D eigenvalue weighted by Gasteiger charge is -2.33. The molecule has 0 unspecified atom stereocenters. The number of rotatable bonds is 3. The molecule has 1 fully saturated rings. The molecule has 140 valence electrons. The molecule has 0 aliphatic carbocycles. The van der Waals surface area contributed by atoms with E-state index in [9.17, 15) is 4.79 Å². The first-order chi connectivity index (χ1) is 13.0. The molecular weight excluding hydrogens is 427 g/mol. The molecule has 1 aliphatic rings. The van der Waals surface area contributed by atoms with Crippen LogP contribution in [0.25, 0.3) is 10.9 Å². The van der Waals surface area contributed by atoms with Crippen molar-refractivity contribution in [1.29, 1.82) is 0 Å². The highest BCUT2D eigenvalue weighted by Gasteiger charge is 2.24. The highest BCUT2D eigenvalue weighted by atomic mass is 35.5. The van der Waals surface area contributed by atoms with Gasteiger partial charge in [0.05, 0.1) is 15.4 Å². The standard InChI is InChI=1S/C18H15Cl3N4OS/c19-10-1-2-12-14(7-10)22-9-23-17(12)25-5-3-11(4-6-25)24-18(26)13-8-15(20)27-16(13)21/h1-2,7-9,11H,3-6H2,(H,24,26). The smallest absolute Gasteiger partial charge is 0.253 e. The third-order valence-corrected chi connectivity index (χ3v) is 6.33. The zero-order valence-electron chi connectivity index (χ0n) is 14.1. The van der Waals surface area contributed by atoms with Gasteiger partial charge >= 0.3 is 0 Å². The molecule has 1 saturated heterocycles. The Morgan fingerprint density at radius 1 is 1.15 bits per heavy atom. The zero-order chi connectivity index (χ0) is 19.0. The van der Waals surface area contributed by atoms with Crippen LogP contribution in [0, 0.1) is 0 Å². The third-order valence-electron chi connectivity index (χ3n) is 4.61. The summed E-state index contributed by atoms with van der Waals surface area (Å²) in [5.74, 6) is 0.720. The summed E-state index contributed by atoms with van der Waals surface area (Å²) in [7, 11) is 0. The summed E-state index contributed by atoms with van der Waals surface area (Å²) in [5.41, 5.74) is 1.26. The van der Waals surface area contributed by atoms with Gasteiger partial charge in [-0.15, -0.1) is 11.3 Å². The molecule has 1 aliphatic heterocycles. The van der Waals surface area contributed by atoms with E-state index < -0.39 is 0 Å². The number of nitrogens with one attached hydrogen (secondary N) is 1. The van der Waals surface area contributed by atoms with Crippen LogP contribution in [0.2, 0.25) is 13.7 Å². The SMILES string of the molecule is O=C(NC1CCN(c2ncnc3cc(Cl)ccc23)CC1)c1cc(Cl)sc1Cl. The monoisotopic (exact) mass is 440 g/mol. The first-order valence-electron chi connectivity index (χ1n) is 8.42. The summed E-state index contributed by atoms with van der Waals surface area (Å²) in [6, 6.07) is 7.33. The van der Waals surface area contributed by atoms with Crippen molar-refractivity contribution in [2.45, 2.75) is 18.9 Å². The number of hydrogen-bond acceptors (Lipinski definition) is 5. The molecule has 1 aromatic carbocycles. The van der Waals surface area contributed by atoms with Crippen molar-refractivity contribution in [2.75, 3.05) is 18.0 Å². The average Bonchev–Trinajstić information content (AvgIpc) is 3.00. The molecule has 0 spiro atoms. The fraction of sp³-hybridized carbons (Fsp3) is 0.278. The van der Waals surface area contributed by atoms with E-state index >= 15 is 0 Å². The lowest BCUT2D eigenvalue weighted by atomic mass is 10.0. The average molecular weight is 442 g/mol. The number of halogens is 3. The van der Waals surface area contributed by atoms with Crippen molar-refractivity contribution in [3.05, 3.63) is 49.9 Å². The summed E-state index contributed by atoms with van der Waals surface area (Å²) < 4.78 is 0.928. The number of fused-ring (bicyclic) bond motifs is 1. The molecule has 5 nitrogen and oxygen atoms in total. The minimum atomic E-state index is -0.177. The van der Waals surface area contributed by atoms with Crippen LogP contribution in [-0.2, 0) is 0 Å². The quantitative estimate of drug-likeness (QED) is 0.618. The molecule has 1 N–H and O–H groups in total. The van der Waals surface area contributed by atoms with Crippen LogP contribution in [-0.4, -0.2) is 35.0 Å². The number of amides is 1. The number of nitrogens with zero attached hydrogens (tertiary/aromatic N) is 3. The molecule has 3 aromatic rings. The Hall–Kier alpha value is -1.60. The maximum atomic E-state index is 12.4. The van der Waals surface area contributed by atoms with E-state index in [1.165, 1.54) is 11.3 Å². The van der Waals surface area contributed by atoms with Gasteiger partial charge in [0, 0.05) is 29.5 Å². The lowest BCUT2D eigenvalue weighted by molar-refractivity contribution is 0.0931. The number of benzene rings is 1. The Morgan fingerprint density at radius 2 is 1.93 bits per heavy atom. The lowest BCUT2D eigenvalue weighted by Crippen LogP contribution is -2.45. The number of hydrogen-bond donors (Lipinski definition) is 1. The van der Waals surface area contributed by atoms with Crippen LogP contribution < -0.4 is 10.2 Å². The highest BCUT2D eigenvalue weighted by Crippen LogP contribution is 2.31. The number of anilines is 1. The normalized spacial score (nSPS) is 15.3. The number of piperidine rings is 1. The molecule has 2 aromatic heterocycles. The van der Waals surface area contributed by atoms with Gasteiger partial charge in [-0.05, 0) is 37.1 Å². The molecule has 9 heteroatoms. The Morgan fingerprint density at radius 3 is 2.63 bits per heavy atom. The predicted octanol–water partition coefficient (Wildman–Crippen LogP) is 5.05. The van der Waals surface area contributed by atoms with Crippen molar-refractivity contribution >= 4 is 68.8 Å². The first-order valence-corrected chi connectivity index (χ1v) is 10.4. The third kappa shape index (κ3) is 3.99. The van der Waals surface area contributed by atoms with E-state index in [0.29, 0.717) is 19.3 Å². The Balaban J connectivity index is 1.44. The van der Waals surface area contributed by atoms with Crippen LogP contribution in [0.3, 0.4) is 0 Å². The van der Waals surface area contributed by atoms with E-state index in [1.807, 2.05) is 18.2 Å². The van der Waals surface area contributed by atoms with E-state index in [-0.39, 0.29) is 11.9 Å². The summed E-state index contributed by atoms with van der Waals surface area (Å²) in [5, 5.41) is 4.68. The Bertz CT molecular complexity index is 1000. The molecule has 27 heavy (non-hydrogen) atoms. The van der Waals surface area contributed by atoms with Gasteiger partial charge in [0.25, 0.3) is 5.91 Å². The van der Waals surface area contributed by atoms with E-state index in [4.69, 9.17) is 34.8 Å². The van der Waals surface area contributed by atoms with Gasteiger partial charge in [-0.25, -0.2) is 9.97 Å². The van der Waals surface area contributed by atoms with Crippen molar-refractivity contribution in [3.63, 3.8) is 0 Å². The topological polar surface area (TPSA) is 58.1 Å². The zero-order valence-corrected chi connectivity index (χ0v) is 17.2. The molecule has 3 heterocycles. The fourth-order valence-electron chi connectivity index (χ4n) is 3.26. The van der Waals surface area contributed by atoms with Crippen molar-refractivity contribution in [1.82, 2.24) is 15.3 Å². The molecule has 0 bridgehead atoms. The molecular formula is C18H15Cl3N4OS. The van der Waals surface area contributed by atoms with Crippen LogP contribution in [0.4, 0.5) is 5.82 Å².